The van der Waals surface area contributed by atoms with Crippen LogP contribution in [0.5, 0.6) is 5.75 Å². The summed E-state index contributed by atoms with van der Waals surface area (Å²) in [4.78, 5) is 13.8. The van der Waals surface area contributed by atoms with E-state index in [1.165, 1.54) is 6.42 Å². The zero-order valence-electron chi connectivity index (χ0n) is 9.73. The van der Waals surface area contributed by atoms with Crippen molar-refractivity contribution in [3.05, 3.63) is 29.3 Å². The fourth-order valence-electron chi connectivity index (χ4n) is 1.95. The molecule has 3 nitrogen and oxygen atoms in total. The number of carbonyl (C=O) groups excluding carboxylic acids is 1. The van der Waals surface area contributed by atoms with Gasteiger partial charge in [0.15, 0.2) is 0 Å². The van der Waals surface area contributed by atoms with Gasteiger partial charge in [-0.15, -0.1) is 0 Å². The average molecular weight is 219 g/mol. The van der Waals surface area contributed by atoms with Gasteiger partial charge < -0.3 is 10.0 Å². The highest BCUT2D eigenvalue weighted by Gasteiger charge is 2.27. The molecule has 1 fully saturated rings. The van der Waals surface area contributed by atoms with Crippen LogP contribution in [0, 0.1) is 6.92 Å². The van der Waals surface area contributed by atoms with Crippen LogP contribution in [0.4, 0.5) is 0 Å². The zero-order chi connectivity index (χ0) is 11.7. The first kappa shape index (κ1) is 11.0. The first-order valence-electron chi connectivity index (χ1n) is 5.66. The minimum atomic E-state index is -0.0813. The highest BCUT2D eigenvalue weighted by Crippen LogP contribution is 2.27. The second-order valence-corrected chi connectivity index (χ2v) is 4.52. The highest BCUT2D eigenvalue weighted by molar-refractivity contribution is 5.97. The Morgan fingerprint density at radius 3 is 2.62 bits per heavy atom. The molecule has 1 aliphatic carbocycles. The molecule has 1 aromatic carbocycles. The SMILES string of the molecule is Cc1ccc(C(=O)N(C)C2CCC2)c(O)c1. The number of aryl methyl sites for hydroxylation is 1. The maximum atomic E-state index is 12.1. The molecule has 1 N–H and O–H groups in total. The molecule has 16 heavy (non-hydrogen) atoms. The van der Waals surface area contributed by atoms with Crippen molar-refractivity contribution in [2.45, 2.75) is 32.2 Å². The highest BCUT2D eigenvalue weighted by atomic mass is 16.3. The van der Waals surface area contributed by atoms with E-state index in [2.05, 4.69) is 0 Å². The van der Waals surface area contributed by atoms with E-state index in [-0.39, 0.29) is 11.7 Å². The van der Waals surface area contributed by atoms with Crippen LogP contribution < -0.4 is 0 Å². The lowest BCUT2D eigenvalue weighted by Crippen LogP contribution is -2.41. The number of phenols is 1. The Balaban J connectivity index is 2.19. The Labute approximate surface area is 95.7 Å². The fraction of sp³-hybridized carbons (Fsp3) is 0.462. The van der Waals surface area contributed by atoms with Crippen LogP contribution in [-0.2, 0) is 0 Å². The molecule has 0 atom stereocenters. The van der Waals surface area contributed by atoms with Gasteiger partial charge in [-0.3, -0.25) is 4.79 Å². The van der Waals surface area contributed by atoms with Gasteiger partial charge in [0.1, 0.15) is 5.75 Å². The number of amides is 1. The Hall–Kier alpha value is -1.51. The fourth-order valence-corrected chi connectivity index (χ4v) is 1.95. The Morgan fingerprint density at radius 1 is 1.44 bits per heavy atom. The van der Waals surface area contributed by atoms with Gasteiger partial charge in [-0.1, -0.05) is 6.07 Å². The van der Waals surface area contributed by atoms with Crippen molar-refractivity contribution in [1.82, 2.24) is 4.90 Å². The molecular formula is C13H17NO2. The summed E-state index contributed by atoms with van der Waals surface area (Å²) >= 11 is 0. The molecule has 0 saturated heterocycles. The third-order valence-electron chi connectivity index (χ3n) is 3.33. The molecule has 0 radical (unpaired) electrons. The zero-order valence-corrected chi connectivity index (χ0v) is 9.73. The lowest BCUT2D eigenvalue weighted by atomic mass is 9.91. The van der Waals surface area contributed by atoms with Crippen LogP contribution in [0.2, 0.25) is 0 Å². The number of nitrogens with zero attached hydrogens (tertiary/aromatic N) is 1. The first-order chi connectivity index (χ1) is 7.59. The van der Waals surface area contributed by atoms with E-state index in [1.54, 1.807) is 17.0 Å². The maximum Gasteiger partial charge on any atom is 0.257 e. The van der Waals surface area contributed by atoms with Crippen LogP contribution in [0.25, 0.3) is 0 Å². The Kier molecular flexibility index (Phi) is 2.86. The van der Waals surface area contributed by atoms with E-state index in [1.807, 2.05) is 20.0 Å². The van der Waals surface area contributed by atoms with Crippen LogP contribution in [-0.4, -0.2) is 29.0 Å². The minimum Gasteiger partial charge on any atom is -0.507 e. The molecular weight excluding hydrogens is 202 g/mol. The van der Waals surface area contributed by atoms with Crippen molar-refractivity contribution in [3.8, 4) is 5.75 Å². The van der Waals surface area contributed by atoms with Crippen LogP contribution >= 0.6 is 0 Å². The number of hydrogen-bond donors (Lipinski definition) is 1. The molecule has 0 spiro atoms. The van der Waals surface area contributed by atoms with Crippen molar-refractivity contribution < 1.29 is 9.90 Å². The normalized spacial score (nSPS) is 15.6. The molecule has 0 unspecified atom stereocenters. The van der Waals surface area contributed by atoms with E-state index >= 15 is 0 Å². The Bertz CT molecular complexity index is 410. The number of hydrogen-bond acceptors (Lipinski definition) is 2. The largest absolute Gasteiger partial charge is 0.507 e. The summed E-state index contributed by atoms with van der Waals surface area (Å²) in [6.07, 6.45) is 3.35. The summed E-state index contributed by atoms with van der Waals surface area (Å²) in [6.45, 7) is 1.89. The molecule has 1 aliphatic rings. The molecule has 86 valence electrons. The van der Waals surface area contributed by atoms with E-state index in [0.29, 0.717) is 11.6 Å². The number of benzene rings is 1. The van der Waals surface area contributed by atoms with Gasteiger partial charge in [0.2, 0.25) is 0 Å². The lowest BCUT2D eigenvalue weighted by Gasteiger charge is -2.34. The number of phenolic OH excluding ortho intramolecular Hbond substituents is 1. The van der Waals surface area contributed by atoms with Crippen molar-refractivity contribution in [3.63, 3.8) is 0 Å². The third kappa shape index (κ3) is 1.90. The summed E-state index contributed by atoms with van der Waals surface area (Å²) in [6, 6.07) is 5.53. The molecule has 0 heterocycles. The summed E-state index contributed by atoms with van der Waals surface area (Å²) in [5.41, 5.74) is 1.36. The lowest BCUT2D eigenvalue weighted by molar-refractivity contribution is 0.0649. The molecule has 0 aromatic heterocycles. The van der Waals surface area contributed by atoms with E-state index in [4.69, 9.17) is 0 Å². The maximum absolute atomic E-state index is 12.1. The molecule has 1 amide bonds. The molecule has 1 aromatic rings. The van der Waals surface area contributed by atoms with E-state index in [0.717, 1.165) is 18.4 Å². The molecule has 0 bridgehead atoms. The van der Waals surface area contributed by atoms with Crippen molar-refractivity contribution in [2.24, 2.45) is 0 Å². The summed E-state index contributed by atoms with van der Waals surface area (Å²) < 4.78 is 0. The van der Waals surface area contributed by atoms with Gasteiger partial charge in [-0.25, -0.2) is 0 Å². The van der Waals surface area contributed by atoms with Gasteiger partial charge in [0, 0.05) is 13.1 Å². The predicted molar refractivity (Wildman–Crippen MR) is 62.6 cm³/mol. The van der Waals surface area contributed by atoms with Crippen molar-refractivity contribution in [2.75, 3.05) is 7.05 Å². The van der Waals surface area contributed by atoms with Gasteiger partial charge in [-0.2, -0.15) is 0 Å². The van der Waals surface area contributed by atoms with Crippen LogP contribution in [0.3, 0.4) is 0 Å². The standard InChI is InChI=1S/C13H17NO2/c1-9-6-7-11(12(15)8-9)13(16)14(2)10-4-3-5-10/h6-8,10,15H,3-5H2,1-2H3. The summed E-state index contributed by atoms with van der Waals surface area (Å²) in [5.74, 6) is -0.00151. The van der Waals surface area contributed by atoms with Crippen molar-refractivity contribution >= 4 is 5.91 Å². The van der Waals surface area contributed by atoms with Gasteiger partial charge in [-0.05, 0) is 43.9 Å². The quantitative estimate of drug-likeness (QED) is 0.829. The number of aromatic hydroxyl groups is 1. The first-order valence-corrected chi connectivity index (χ1v) is 5.66. The number of rotatable bonds is 2. The van der Waals surface area contributed by atoms with Gasteiger partial charge in [0.05, 0.1) is 5.56 Å². The van der Waals surface area contributed by atoms with Gasteiger partial charge in [0.25, 0.3) is 5.91 Å². The van der Waals surface area contributed by atoms with Crippen LogP contribution in [0.1, 0.15) is 35.2 Å². The van der Waals surface area contributed by atoms with E-state index in [9.17, 15) is 9.90 Å². The summed E-state index contributed by atoms with van der Waals surface area (Å²) in [5, 5.41) is 9.74. The second-order valence-electron chi connectivity index (χ2n) is 4.52. The molecule has 2 rings (SSSR count). The van der Waals surface area contributed by atoms with Crippen molar-refractivity contribution in [1.29, 1.82) is 0 Å². The second kappa shape index (κ2) is 4.16. The predicted octanol–water partition coefficient (Wildman–Crippen LogP) is 2.33. The Morgan fingerprint density at radius 2 is 2.12 bits per heavy atom. The smallest absolute Gasteiger partial charge is 0.257 e. The molecule has 1 saturated carbocycles. The minimum absolute atomic E-state index is 0.0798. The van der Waals surface area contributed by atoms with Gasteiger partial charge >= 0.3 is 0 Å². The number of carbonyl (C=O) groups is 1. The third-order valence-corrected chi connectivity index (χ3v) is 3.33. The molecule has 0 aliphatic heterocycles. The summed E-state index contributed by atoms with van der Waals surface area (Å²) in [7, 11) is 1.81. The molecule has 3 heteroatoms. The monoisotopic (exact) mass is 219 g/mol. The van der Waals surface area contributed by atoms with Crippen LogP contribution in [0.15, 0.2) is 18.2 Å². The van der Waals surface area contributed by atoms with E-state index < -0.39 is 0 Å². The topological polar surface area (TPSA) is 40.5 Å². The average Bonchev–Trinajstić information content (AvgIpc) is 2.14.